The Kier molecular flexibility index (Phi) is 3.84. The van der Waals surface area contributed by atoms with Crippen LogP contribution in [0.4, 0.5) is 0 Å². The quantitative estimate of drug-likeness (QED) is 0.483. The molecule has 0 unspecified atom stereocenters. The third-order valence-electron chi connectivity index (χ3n) is 2.45. The molecule has 0 atom stereocenters. The molecule has 1 saturated carbocycles. The van der Waals surface area contributed by atoms with Crippen molar-refractivity contribution >= 4 is 0 Å². The molecule has 12 heavy (non-hydrogen) atoms. The standard InChI is InChI=1S/C8H15NO3/c10-9(11)12-7-6-8-4-2-1-3-5-8/h8H,1-7H2. The summed E-state index contributed by atoms with van der Waals surface area (Å²) >= 11 is 0. The molecule has 0 heterocycles. The summed E-state index contributed by atoms with van der Waals surface area (Å²) in [6, 6.07) is 0. The number of nitrogens with zero attached hydrogens (tertiary/aromatic N) is 1. The average Bonchev–Trinajstić information content (AvgIpc) is 2.05. The van der Waals surface area contributed by atoms with Crippen LogP contribution in [0.2, 0.25) is 0 Å². The lowest BCUT2D eigenvalue weighted by molar-refractivity contribution is -0.758. The predicted octanol–water partition coefficient (Wildman–Crippen LogP) is 2.17. The second-order valence-electron chi connectivity index (χ2n) is 3.35. The molecule has 0 aromatic heterocycles. The Morgan fingerprint density at radius 2 is 2.00 bits per heavy atom. The van der Waals surface area contributed by atoms with E-state index < -0.39 is 5.09 Å². The van der Waals surface area contributed by atoms with Crippen LogP contribution in [-0.2, 0) is 4.84 Å². The summed E-state index contributed by atoms with van der Waals surface area (Å²) in [7, 11) is 0. The molecule has 0 aromatic carbocycles. The topological polar surface area (TPSA) is 52.4 Å². The molecule has 0 amide bonds. The van der Waals surface area contributed by atoms with Crippen LogP contribution < -0.4 is 0 Å². The number of hydrogen-bond donors (Lipinski definition) is 0. The molecular weight excluding hydrogens is 158 g/mol. The summed E-state index contributed by atoms with van der Waals surface area (Å²) in [5.74, 6) is 0.665. The molecule has 0 aliphatic heterocycles. The van der Waals surface area contributed by atoms with Gasteiger partial charge in [0.15, 0.2) is 0 Å². The highest BCUT2D eigenvalue weighted by Crippen LogP contribution is 2.25. The zero-order valence-electron chi connectivity index (χ0n) is 7.20. The van der Waals surface area contributed by atoms with Crippen molar-refractivity contribution in [3.8, 4) is 0 Å². The van der Waals surface area contributed by atoms with E-state index in [1.807, 2.05) is 0 Å². The Bertz CT molecular complexity index is 143. The largest absolute Gasteiger partial charge is 0.314 e. The molecule has 0 aromatic rings. The van der Waals surface area contributed by atoms with E-state index in [1.165, 1.54) is 32.1 Å². The van der Waals surface area contributed by atoms with Gasteiger partial charge in [-0.3, -0.25) is 0 Å². The van der Waals surface area contributed by atoms with Gasteiger partial charge in [-0.1, -0.05) is 32.1 Å². The van der Waals surface area contributed by atoms with Crippen molar-refractivity contribution in [2.24, 2.45) is 5.92 Å². The SMILES string of the molecule is O=[N+]([O-])OCCC1CCCCC1. The third kappa shape index (κ3) is 3.55. The summed E-state index contributed by atoms with van der Waals surface area (Å²) in [6.07, 6.45) is 7.18. The van der Waals surface area contributed by atoms with E-state index in [4.69, 9.17) is 0 Å². The van der Waals surface area contributed by atoms with Gasteiger partial charge in [0, 0.05) is 0 Å². The van der Waals surface area contributed by atoms with Gasteiger partial charge in [0.2, 0.25) is 0 Å². The minimum atomic E-state index is -0.706. The molecule has 1 fully saturated rings. The second-order valence-corrected chi connectivity index (χ2v) is 3.35. The van der Waals surface area contributed by atoms with Crippen molar-refractivity contribution in [3.63, 3.8) is 0 Å². The van der Waals surface area contributed by atoms with Crippen LogP contribution in [0, 0.1) is 16.0 Å². The first-order valence-corrected chi connectivity index (χ1v) is 4.56. The van der Waals surface area contributed by atoms with Gasteiger partial charge in [-0.05, 0) is 12.3 Å². The minimum Gasteiger partial charge on any atom is -0.314 e. The monoisotopic (exact) mass is 173 g/mol. The molecule has 0 spiro atoms. The molecule has 0 saturated heterocycles. The molecule has 1 rings (SSSR count). The van der Waals surface area contributed by atoms with Crippen LogP contribution in [0.25, 0.3) is 0 Å². The van der Waals surface area contributed by atoms with Crippen molar-refractivity contribution in [2.45, 2.75) is 38.5 Å². The highest BCUT2D eigenvalue weighted by molar-refractivity contribution is 4.64. The fourth-order valence-electron chi connectivity index (χ4n) is 1.77. The van der Waals surface area contributed by atoms with Gasteiger partial charge in [-0.2, -0.15) is 0 Å². The second kappa shape index (κ2) is 4.95. The molecule has 0 bridgehead atoms. The first-order valence-electron chi connectivity index (χ1n) is 4.56. The Morgan fingerprint density at radius 1 is 1.33 bits per heavy atom. The number of hydrogen-bond acceptors (Lipinski definition) is 3. The molecular formula is C8H15NO3. The fraction of sp³-hybridized carbons (Fsp3) is 1.00. The molecule has 1 aliphatic carbocycles. The average molecular weight is 173 g/mol. The lowest BCUT2D eigenvalue weighted by Crippen LogP contribution is -2.11. The first-order chi connectivity index (χ1) is 5.79. The van der Waals surface area contributed by atoms with Crippen LogP contribution in [0.15, 0.2) is 0 Å². The maximum Gasteiger partial charge on any atom is 0.294 e. The van der Waals surface area contributed by atoms with E-state index in [0.717, 1.165) is 6.42 Å². The van der Waals surface area contributed by atoms with Crippen molar-refractivity contribution in [2.75, 3.05) is 6.61 Å². The normalized spacial score (nSPS) is 19.0. The van der Waals surface area contributed by atoms with Gasteiger partial charge in [0.25, 0.3) is 5.09 Å². The zero-order chi connectivity index (χ0) is 8.81. The first kappa shape index (κ1) is 9.29. The van der Waals surface area contributed by atoms with Gasteiger partial charge in [-0.25, -0.2) is 0 Å². The van der Waals surface area contributed by atoms with Crippen LogP contribution in [0.3, 0.4) is 0 Å². The molecule has 4 nitrogen and oxygen atoms in total. The van der Waals surface area contributed by atoms with Gasteiger partial charge in [-0.15, -0.1) is 10.1 Å². The van der Waals surface area contributed by atoms with E-state index in [0.29, 0.717) is 5.92 Å². The zero-order valence-corrected chi connectivity index (χ0v) is 7.20. The third-order valence-corrected chi connectivity index (χ3v) is 2.45. The van der Waals surface area contributed by atoms with Crippen LogP contribution in [0.5, 0.6) is 0 Å². The van der Waals surface area contributed by atoms with E-state index >= 15 is 0 Å². The maximum absolute atomic E-state index is 9.82. The fourth-order valence-corrected chi connectivity index (χ4v) is 1.77. The van der Waals surface area contributed by atoms with Crippen molar-refractivity contribution in [3.05, 3.63) is 10.1 Å². The molecule has 4 heteroatoms. The summed E-state index contributed by atoms with van der Waals surface area (Å²) in [4.78, 5) is 14.1. The van der Waals surface area contributed by atoms with Crippen molar-refractivity contribution in [1.82, 2.24) is 0 Å². The predicted molar refractivity (Wildman–Crippen MR) is 44.1 cm³/mol. The Hall–Kier alpha value is -0.800. The molecule has 0 N–H and O–H groups in total. The van der Waals surface area contributed by atoms with Gasteiger partial charge < -0.3 is 4.84 Å². The van der Waals surface area contributed by atoms with Crippen LogP contribution >= 0.6 is 0 Å². The van der Waals surface area contributed by atoms with Gasteiger partial charge in [0.1, 0.15) is 0 Å². The Balaban J connectivity index is 2.01. The summed E-state index contributed by atoms with van der Waals surface area (Å²) in [6.45, 7) is 0.275. The summed E-state index contributed by atoms with van der Waals surface area (Å²) in [5, 5.41) is 9.12. The highest BCUT2D eigenvalue weighted by atomic mass is 16.9. The van der Waals surface area contributed by atoms with E-state index in [2.05, 4.69) is 4.84 Å². The summed E-state index contributed by atoms with van der Waals surface area (Å²) in [5.41, 5.74) is 0. The van der Waals surface area contributed by atoms with Gasteiger partial charge >= 0.3 is 0 Å². The van der Waals surface area contributed by atoms with E-state index in [1.54, 1.807) is 0 Å². The molecule has 70 valence electrons. The van der Waals surface area contributed by atoms with Crippen molar-refractivity contribution in [1.29, 1.82) is 0 Å². The van der Waals surface area contributed by atoms with E-state index in [9.17, 15) is 10.1 Å². The minimum absolute atomic E-state index is 0.275. The van der Waals surface area contributed by atoms with Crippen LogP contribution in [-0.4, -0.2) is 11.7 Å². The lowest BCUT2D eigenvalue weighted by atomic mass is 9.87. The van der Waals surface area contributed by atoms with Gasteiger partial charge in [0.05, 0.1) is 6.61 Å². The highest BCUT2D eigenvalue weighted by Gasteiger charge is 2.13. The molecule has 1 aliphatic rings. The maximum atomic E-state index is 9.82. The Morgan fingerprint density at radius 3 is 2.58 bits per heavy atom. The molecule has 0 radical (unpaired) electrons. The van der Waals surface area contributed by atoms with E-state index in [-0.39, 0.29) is 6.61 Å². The lowest BCUT2D eigenvalue weighted by Gasteiger charge is -2.20. The Labute approximate surface area is 72.0 Å². The van der Waals surface area contributed by atoms with Crippen LogP contribution in [0.1, 0.15) is 38.5 Å². The smallest absolute Gasteiger partial charge is 0.294 e. The van der Waals surface area contributed by atoms with Crippen molar-refractivity contribution < 1.29 is 9.92 Å². The summed E-state index contributed by atoms with van der Waals surface area (Å²) < 4.78 is 0. The number of rotatable bonds is 4.